The van der Waals surface area contributed by atoms with Crippen LogP contribution in [0.2, 0.25) is 0 Å². The zero-order chi connectivity index (χ0) is 14.7. The molecule has 0 bridgehead atoms. The number of anilines is 1. The van der Waals surface area contributed by atoms with Gasteiger partial charge in [0, 0.05) is 30.3 Å². The third-order valence-corrected chi connectivity index (χ3v) is 4.39. The molecule has 1 aliphatic heterocycles. The van der Waals surface area contributed by atoms with Gasteiger partial charge in [-0.1, -0.05) is 22.0 Å². The van der Waals surface area contributed by atoms with Crippen molar-refractivity contribution in [1.29, 1.82) is 0 Å². The summed E-state index contributed by atoms with van der Waals surface area (Å²) in [6.45, 7) is 3.90. The number of carbonyl (C=O) groups is 1. The SMILES string of the molecule is C[C@H](O)c1ccc(N(C)CC(=O)N2CCCC2)cc1Br. The van der Waals surface area contributed by atoms with Crippen LogP contribution in [0.15, 0.2) is 22.7 Å². The van der Waals surface area contributed by atoms with Gasteiger partial charge in [-0.2, -0.15) is 0 Å². The molecule has 4 nitrogen and oxygen atoms in total. The molecule has 110 valence electrons. The maximum atomic E-state index is 12.1. The Morgan fingerprint density at radius 2 is 2.10 bits per heavy atom. The molecule has 0 saturated carbocycles. The molecule has 1 fully saturated rings. The quantitative estimate of drug-likeness (QED) is 0.915. The summed E-state index contributed by atoms with van der Waals surface area (Å²) in [5, 5.41) is 9.62. The van der Waals surface area contributed by atoms with E-state index in [0.717, 1.165) is 41.7 Å². The number of hydrogen-bond donors (Lipinski definition) is 1. The molecule has 0 unspecified atom stereocenters. The first kappa shape index (κ1) is 15.3. The molecule has 1 aliphatic rings. The Balaban J connectivity index is 2.03. The molecule has 1 aromatic carbocycles. The number of halogens is 1. The number of aliphatic hydroxyl groups excluding tert-OH is 1. The van der Waals surface area contributed by atoms with E-state index in [9.17, 15) is 9.90 Å². The van der Waals surface area contributed by atoms with Crippen LogP contribution in [0, 0.1) is 0 Å². The minimum absolute atomic E-state index is 0.181. The van der Waals surface area contributed by atoms with Crippen LogP contribution in [0.25, 0.3) is 0 Å². The van der Waals surface area contributed by atoms with Gasteiger partial charge >= 0.3 is 0 Å². The van der Waals surface area contributed by atoms with Crippen LogP contribution in [0.1, 0.15) is 31.4 Å². The van der Waals surface area contributed by atoms with Gasteiger partial charge in [0.1, 0.15) is 0 Å². The average Bonchev–Trinajstić information content (AvgIpc) is 2.91. The van der Waals surface area contributed by atoms with Gasteiger partial charge in [0.25, 0.3) is 0 Å². The van der Waals surface area contributed by atoms with Crippen molar-refractivity contribution < 1.29 is 9.90 Å². The smallest absolute Gasteiger partial charge is 0.242 e. The van der Waals surface area contributed by atoms with Crippen molar-refractivity contribution in [3.8, 4) is 0 Å². The minimum Gasteiger partial charge on any atom is -0.389 e. The molecule has 0 aromatic heterocycles. The highest BCUT2D eigenvalue weighted by Crippen LogP contribution is 2.27. The Morgan fingerprint density at radius 3 is 2.65 bits per heavy atom. The van der Waals surface area contributed by atoms with Crippen molar-refractivity contribution in [1.82, 2.24) is 4.90 Å². The predicted octanol–water partition coefficient (Wildman–Crippen LogP) is 2.56. The van der Waals surface area contributed by atoms with E-state index in [0.29, 0.717) is 6.54 Å². The average molecular weight is 341 g/mol. The number of benzene rings is 1. The van der Waals surface area contributed by atoms with E-state index in [-0.39, 0.29) is 5.91 Å². The van der Waals surface area contributed by atoms with Crippen LogP contribution >= 0.6 is 15.9 Å². The molecule has 1 saturated heterocycles. The van der Waals surface area contributed by atoms with Crippen molar-refractivity contribution in [2.75, 3.05) is 31.6 Å². The number of hydrogen-bond acceptors (Lipinski definition) is 3. The second kappa shape index (κ2) is 6.59. The van der Waals surface area contributed by atoms with Crippen LogP contribution < -0.4 is 4.90 Å². The Morgan fingerprint density at radius 1 is 1.45 bits per heavy atom. The number of likely N-dealkylation sites (N-methyl/N-ethyl adjacent to an activating group) is 1. The number of aliphatic hydroxyl groups is 1. The van der Waals surface area contributed by atoms with Crippen molar-refractivity contribution in [3.05, 3.63) is 28.2 Å². The summed E-state index contributed by atoms with van der Waals surface area (Å²) in [6, 6.07) is 5.77. The lowest BCUT2D eigenvalue weighted by atomic mass is 10.1. The largest absolute Gasteiger partial charge is 0.389 e. The standard InChI is InChI=1S/C15H21BrN2O2/c1-11(19)13-6-5-12(9-14(13)16)17(2)10-15(20)18-7-3-4-8-18/h5-6,9,11,19H,3-4,7-8,10H2,1-2H3/t11-/m0/s1. The van der Waals surface area contributed by atoms with Gasteiger partial charge in [0.15, 0.2) is 0 Å². The Hall–Kier alpha value is -1.07. The normalized spacial score (nSPS) is 16.3. The molecule has 1 heterocycles. The fourth-order valence-corrected chi connectivity index (χ4v) is 3.15. The van der Waals surface area contributed by atoms with Gasteiger partial charge in [0.05, 0.1) is 12.6 Å². The fraction of sp³-hybridized carbons (Fsp3) is 0.533. The van der Waals surface area contributed by atoms with E-state index >= 15 is 0 Å². The lowest BCUT2D eigenvalue weighted by Gasteiger charge is -2.23. The molecule has 20 heavy (non-hydrogen) atoms. The molecule has 0 spiro atoms. The lowest BCUT2D eigenvalue weighted by molar-refractivity contribution is -0.128. The summed E-state index contributed by atoms with van der Waals surface area (Å²) < 4.78 is 0.866. The highest BCUT2D eigenvalue weighted by molar-refractivity contribution is 9.10. The van der Waals surface area contributed by atoms with Crippen LogP contribution in [0.5, 0.6) is 0 Å². The maximum Gasteiger partial charge on any atom is 0.242 e. The van der Waals surface area contributed by atoms with Crippen molar-refractivity contribution in [2.45, 2.75) is 25.9 Å². The van der Waals surface area contributed by atoms with E-state index in [4.69, 9.17) is 0 Å². The van der Waals surface area contributed by atoms with Gasteiger partial charge in [0.2, 0.25) is 5.91 Å². The molecule has 0 radical (unpaired) electrons. The van der Waals surface area contributed by atoms with Crippen LogP contribution in [-0.2, 0) is 4.79 Å². The first-order valence-corrected chi connectivity index (χ1v) is 7.75. The highest BCUT2D eigenvalue weighted by atomic mass is 79.9. The number of carbonyl (C=O) groups excluding carboxylic acids is 1. The fourth-order valence-electron chi connectivity index (χ4n) is 2.45. The summed E-state index contributed by atoms with van der Waals surface area (Å²) in [4.78, 5) is 16.0. The summed E-state index contributed by atoms with van der Waals surface area (Å²) >= 11 is 3.47. The molecule has 1 atom stereocenters. The minimum atomic E-state index is -0.505. The predicted molar refractivity (Wildman–Crippen MR) is 83.9 cm³/mol. The summed E-state index contributed by atoms with van der Waals surface area (Å²) in [5.41, 5.74) is 1.82. The van der Waals surface area contributed by atoms with E-state index in [1.165, 1.54) is 0 Å². The van der Waals surface area contributed by atoms with E-state index in [1.54, 1.807) is 6.92 Å². The molecule has 1 N–H and O–H groups in total. The van der Waals surface area contributed by atoms with Crippen molar-refractivity contribution in [2.24, 2.45) is 0 Å². The van der Waals surface area contributed by atoms with Crippen LogP contribution in [0.4, 0.5) is 5.69 Å². The van der Waals surface area contributed by atoms with E-state index in [1.807, 2.05) is 35.0 Å². The Labute approximate surface area is 128 Å². The monoisotopic (exact) mass is 340 g/mol. The number of likely N-dealkylation sites (tertiary alicyclic amines) is 1. The first-order valence-electron chi connectivity index (χ1n) is 6.95. The van der Waals surface area contributed by atoms with Crippen molar-refractivity contribution >= 4 is 27.5 Å². The molecule has 1 aromatic rings. The van der Waals surface area contributed by atoms with E-state index < -0.39 is 6.10 Å². The lowest BCUT2D eigenvalue weighted by Crippen LogP contribution is -2.37. The second-order valence-electron chi connectivity index (χ2n) is 5.33. The summed E-state index contributed by atoms with van der Waals surface area (Å²) in [7, 11) is 1.91. The number of amides is 1. The Kier molecular flexibility index (Phi) is 5.05. The van der Waals surface area contributed by atoms with Crippen LogP contribution in [-0.4, -0.2) is 42.6 Å². The van der Waals surface area contributed by atoms with Gasteiger partial charge in [-0.15, -0.1) is 0 Å². The topological polar surface area (TPSA) is 43.8 Å². The first-order chi connectivity index (χ1) is 9.49. The molecule has 5 heteroatoms. The highest BCUT2D eigenvalue weighted by Gasteiger charge is 2.19. The third-order valence-electron chi connectivity index (χ3n) is 3.71. The van der Waals surface area contributed by atoms with Gasteiger partial charge < -0.3 is 14.9 Å². The summed E-state index contributed by atoms with van der Waals surface area (Å²) in [5.74, 6) is 0.181. The zero-order valence-electron chi connectivity index (χ0n) is 12.0. The second-order valence-corrected chi connectivity index (χ2v) is 6.18. The van der Waals surface area contributed by atoms with Gasteiger partial charge in [-0.25, -0.2) is 0 Å². The van der Waals surface area contributed by atoms with E-state index in [2.05, 4.69) is 15.9 Å². The zero-order valence-corrected chi connectivity index (χ0v) is 13.6. The van der Waals surface area contributed by atoms with Crippen molar-refractivity contribution in [3.63, 3.8) is 0 Å². The Bertz CT molecular complexity index is 485. The molecular weight excluding hydrogens is 320 g/mol. The molecule has 2 rings (SSSR count). The maximum absolute atomic E-state index is 12.1. The van der Waals surface area contributed by atoms with Gasteiger partial charge in [-0.3, -0.25) is 4.79 Å². The molecule has 0 aliphatic carbocycles. The molecular formula is C15H21BrN2O2. The number of rotatable bonds is 4. The van der Waals surface area contributed by atoms with Crippen LogP contribution in [0.3, 0.4) is 0 Å². The summed E-state index contributed by atoms with van der Waals surface area (Å²) in [6.07, 6.45) is 1.73. The molecule has 1 amide bonds. The number of nitrogens with zero attached hydrogens (tertiary/aromatic N) is 2. The third kappa shape index (κ3) is 3.52. The van der Waals surface area contributed by atoms with Gasteiger partial charge in [-0.05, 0) is 37.5 Å².